The van der Waals surface area contributed by atoms with Gasteiger partial charge in [0.2, 0.25) is 5.95 Å². The summed E-state index contributed by atoms with van der Waals surface area (Å²) in [6.45, 7) is 0. The fourth-order valence-electron chi connectivity index (χ4n) is 1.93. The lowest BCUT2D eigenvalue weighted by molar-refractivity contribution is 0.996. The van der Waals surface area contributed by atoms with Crippen LogP contribution in [0.2, 0.25) is 10.3 Å². The van der Waals surface area contributed by atoms with Crippen molar-refractivity contribution < 1.29 is 0 Å². The van der Waals surface area contributed by atoms with Crippen LogP contribution in [0.4, 0.5) is 5.95 Å². The minimum Gasteiger partial charge on any atom is -0.366 e. The van der Waals surface area contributed by atoms with E-state index >= 15 is 0 Å². The molecule has 2 N–H and O–H groups in total. The van der Waals surface area contributed by atoms with Crippen LogP contribution < -0.4 is 5.73 Å². The molecule has 2 aromatic heterocycles. The summed E-state index contributed by atoms with van der Waals surface area (Å²) >= 11 is 11.9. The predicted molar refractivity (Wildman–Crippen MR) is 82.9 cm³/mol. The molecule has 0 saturated heterocycles. The van der Waals surface area contributed by atoms with Gasteiger partial charge in [-0.25, -0.2) is 9.97 Å². The van der Waals surface area contributed by atoms with Crippen LogP contribution >= 0.6 is 23.2 Å². The SMILES string of the molecule is Nc1nnc(-c2cc(Cl)nc(Cl)c2)c(-c2ccccc2)n1. The minimum atomic E-state index is 0.101. The molecule has 0 saturated carbocycles. The van der Waals surface area contributed by atoms with E-state index in [9.17, 15) is 0 Å². The number of anilines is 1. The Morgan fingerprint density at radius 2 is 1.43 bits per heavy atom. The molecule has 7 heteroatoms. The maximum Gasteiger partial charge on any atom is 0.240 e. The van der Waals surface area contributed by atoms with Crippen molar-refractivity contribution in [3.8, 4) is 22.5 Å². The highest BCUT2D eigenvalue weighted by Gasteiger charge is 2.14. The third kappa shape index (κ3) is 2.94. The van der Waals surface area contributed by atoms with Crippen LogP contribution in [0.5, 0.6) is 0 Å². The summed E-state index contributed by atoms with van der Waals surface area (Å²) in [6.07, 6.45) is 0. The smallest absolute Gasteiger partial charge is 0.240 e. The molecule has 0 radical (unpaired) electrons. The molecule has 0 atom stereocenters. The van der Waals surface area contributed by atoms with Gasteiger partial charge in [-0.05, 0) is 12.1 Å². The van der Waals surface area contributed by atoms with Crippen LogP contribution in [0.25, 0.3) is 22.5 Å². The van der Waals surface area contributed by atoms with Gasteiger partial charge in [0.15, 0.2) is 0 Å². The molecule has 3 aromatic rings. The summed E-state index contributed by atoms with van der Waals surface area (Å²) in [5.41, 5.74) is 8.36. The standard InChI is InChI=1S/C14H9Cl2N5/c15-10-6-9(7-11(16)18-10)13-12(19-14(17)21-20-13)8-4-2-1-3-5-8/h1-7H,(H2,17,19,21). The Morgan fingerprint density at radius 3 is 2.10 bits per heavy atom. The third-order valence-corrected chi connectivity index (χ3v) is 3.17. The topological polar surface area (TPSA) is 77.6 Å². The number of nitrogens with two attached hydrogens (primary N) is 1. The van der Waals surface area contributed by atoms with E-state index in [1.54, 1.807) is 12.1 Å². The van der Waals surface area contributed by atoms with E-state index in [0.29, 0.717) is 17.0 Å². The molecule has 0 amide bonds. The van der Waals surface area contributed by atoms with Gasteiger partial charge in [0.25, 0.3) is 0 Å². The van der Waals surface area contributed by atoms with E-state index in [-0.39, 0.29) is 16.3 Å². The number of hydrogen-bond donors (Lipinski definition) is 1. The number of halogens is 2. The first-order valence-corrected chi connectivity index (χ1v) is 6.78. The maximum atomic E-state index is 5.94. The fourth-order valence-corrected chi connectivity index (χ4v) is 2.39. The van der Waals surface area contributed by atoms with Crippen molar-refractivity contribution in [2.24, 2.45) is 0 Å². The summed E-state index contributed by atoms with van der Waals surface area (Å²) in [6, 6.07) is 12.9. The van der Waals surface area contributed by atoms with Crippen LogP contribution in [0.1, 0.15) is 0 Å². The molecule has 1 aromatic carbocycles. The summed E-state index contributed by atoms with van der Waals surface area (Å²) in [5, 5.41) is 8.48. The van der Waals surface area contributed by atoms with Gasteiger partial charge >= 0.3 is 0 Å². The van der Waals surface area contributed by atoms with Gasteiger partial charge in [-0.2, -0.15) is 0 Å². The summed E-state index contributed by atoms with van der Waals surface area (Å²) in [4.78, 5) is 8.19. The van der Waals surface area contributed by atoms with Crippen molar-refractivity contribution in [2.45, 2.75) is 0 Å². The molecular formula is C14H9Cl2N5. The number of benzene rings is 1. The van der Waals surface area contributed by atoms with E-state index in [0.717, 1.165) is 5.56 Å². The molecule has 0 unspecified atom stereocenters. The zero-order valence-corrected chi connectivity index (χ0v) is 12.2. The average Bonchev–Trinajstić information content (AvgIpc) is 2.47. The van der Waals surface area contributed by atoms with Crippen LogP contribution in [0, 0.1) is 0 Å². The first-order chi connectivity index (χ1) is 10.1. The van der Waals surface area contributed by atoms with E-state index in [1.807, 2.05) is 30.3 Å². The van der Waals surface area contributed by atoms with E-state index in [1.165, 1.54) is 0 Å². The second kappa shape index (κ2) is 5.63. The molecular weight excluding hydrogens is 309 g/mol. The van der Waals surface area contributed by atoms with Crippen molar-refractivity contribution in [1.29, 1.82) is 0 Å². The Labute approximate surface area is 130 Å². The van der Waals surface area contributed by atoms with E-state index in [2.05, 4.69) is 20.2 Å². The van der Waals surface area contributed by atoms with Crippen LogP contribution in [-0.4, -0.2) is 20.2 Å². The molecule has 0 bridgehead atoms. The monoisotopic (exact) mass is 317 g/mol. The highest BCUT2D eigenvalue weighted by atomic mass is 35.5. The van der Waals surface area contributed by atoms with E-state index in [4.69, 9.17) is 28.9 Å². The number of pyridine rings is 1. The zero-order chi connectivity index (χ0) is 14.8. The zero-order valence-electron chi connectivity index (χ0n) is 10.7. The normalized spacial score (nSPS) is 10.6. The van der Waals surface area contributed by atoms with Crippen molar-refractivity contribution in [3.63, 3.8) is 0 Å². The first kappa shape index (κ1) is 13.7. The number of nitrogens with zero attached hydrogens (tertiary/aromatic N) is 4. The van der Waals surface area contributed by atoms with Crippen molar-refractivity contribution >= 4 is 29.2 Å². The second-order valence-electron chi connectivity index (χ2n) is 4.23. The number of rotatable bonds is 2. The summed E-state index contributed by atoms with van der Waals surface area (Å²) in [5.74, 6) is 0.101. The van der Waals surface area contributed by atoms with Crippen LogP contribution in [0.3, 0.4) is 0 Å². The quantitative estimate of drug-likeness (QED) is 0.732. The fraction of sp³-hybridized carbons (Fsp3) is 0. The van der Waals surface area contributed by atoms with Crippen LogP contribution in [-0.2, 0) is 0 Å². The molecule has 3 rings (SSSR count). The molecule has 5 nitrogen and oxygen atoms in total. The predicted octanol–water partition coefficient (Wildman–Crippen LogP) is 3.49. The largest absolute Gasteiger partial charge is 0.366 e. The summed E-state index contributed by atoms with van der Waals surface area (Å²) < 4.78 is 0. The van der Waals surface area contributed by atoms with Crippen molar-refractivity contribution in [3.05, 3.63) is 52.8 Å². The molecule has 0 aliphatic rings. The van der Waals surface area contributed by atoms with Crippen LogP contribution in [0.15, 0.2) is 42.5 Å². The number of hydrogen-bond acceptors (Lipinski definition) is 5. The lowest BCUT2D eigenvalue weighted by atomic mass is 10.1. The lowest BCUT2D eigenvalue weighted by Gasteiger charge is -2.08. The molecule has 21 heavy (non-hydrogen) atoms. The molecule has 0 aliphatic carbocycles. The second-order valence-corrected chi connectivity index (χ2v) is 5.01. The maximum absolute atomic E-state index is 5.94. The van der Waals surface area contributed by atoms with Crippen molar-refractivity contribution in [1.82, 2.24) is 20.2 Å². The van der Waals surface area contributed by atoms with Gasteiger partial charge in [0, 0.05) is 11.1 Å². The van der Waals surface area contributed by atoms with Gasteiger partial charge < -0.3 is 5.73 Å². The van der Waals surface area contributed by atoms with Gasteiger partial charge in [0.05, 0.1) is 0 Å². The molecule has 0 aliphatic heterocycles. The Hall–Kier alpha value is -2.24. The van der Waals surface area contributed by atoms with Gasteiger partial charge in [-0.3, -0.25) is 0 Å². The third-order valence-electron chi connectivity index (χ3n) is 2.79. The Morgan fingerprint density at radius 1 is 0.762 bits per heavy atom. The highest BCUT2D eigenvalue weighted by molar-refractivity contribution is 6.32. The Bertz CT molecular complexity index is 772. The Balaban J connectivity index is 2.23. The number of aromatic nitrogens is 4. The first-order valence-electron chi connectivity index (χ1n) is 6.02. The molecule has 0 fully saturated rings. The minimum absolute atomic E-state index is 0.101. The van der Waals surface area contributed by atoms with Gasteiger partial charge in [-0.15, -0.1) is 10.2 Å². The molecule has 0 spiro atoms. The lowest BCUT2D eigenvalue weighted by Crippen LogP contribution is -2.02. The highest BCUT2D eigenvalue weighted by Crippen LogP contribution is 2.30. The summed E-state index contributed by atoms with van der Waals surface area (Å²) in [7, 11) is 0. The Kier molecular flexibility index (Phi) is 3.68. The average molecular weight is 318 g/mol. The van der Waals surface area contributed by atoms with Gasteiger partial charge in [-0.1, -0.05) is 53.5 Å². The van der Waals surface area contributed by atoms with Gasteiger partial charge in [0.1, 0.15) is 21.7 Å². The molecule has 2 heterocycles. The molecule has 104 valence electrons. The van der Waals surface area contributed by atoms with Crippen molar-refractivity contribution in [2.75, 3.05) is 5.73 Å². The number of nitrogen functional groups attached to an aromatic ring is 1. The van der Waals surface area contributed by atoms with E-state index < -0.39 is 0 Å².